The van der Waals surface area contributed by atoms with Crippen LogP contribution in [0.15, 0.2) is 18.3 Å². The van der Waals surface area contributed by atoms with Crippen LogP contribution in [0.5, 0.6) is 0 Å². The van der Waals surface area contributed by atoms with E-state index in [0.717, 1.165) is 49.8 Å². The number of pyridine rings is 1. The number of aliphatic hydroxyl groups excluding tert-OH is 2. The van der Waals surface area contributed by atoms with Crippen LogP contribution in [-0.4, -0.2) is 74.1 Å². The summed E-state index contributed by atoms with van der Waals surface area (Å²) in [6.45, 7) is 5.48. The SMILES string of the molecule is CCCCN1C(=O)[C@@H]([C@H](O)C2CCCCC2)NC(=O)C12CCN(C(O)c1ccc(C)nc1)CC2. The van der Waals surface area contributed by atoms with Crippen LogP contribution in [-0.2, 0) is 9.59 Å². The summed E-state index contributed by atoms with van der Waals surface area (Å²) >= 11 is 0. The van der Waals surface area contributed by atoms with Crippen LogP contribution in [0, 0.1) is 12.8 Å². The summed E-state index contributed by atoms with van der Waals surface area (Å²) in [6, 6.07) is 2.89. The summed E-state index contributed by atoms with van der Waals surface area (Å²) in [5, 5.41) is 24.9. The van der Waals surface area contributed by atoms with Gasteiger partial charge in [-0.1, -0.05) is 38.7 Å². The predicted molar refractivity (Wildman–Crippen MR) is 129 cm³/mol. The van der Waals surface area contributed by atoms with Crippen molar-refractivity contribution in [1.29, 1.82) is 0 Å². The standard InChI is InChI=1S/C26H40N4O4/c1-3-4-14-30-24(33)21(22(31)19-8-6-5-7-9-19)28-25(34)26(30)12-15-29(16-13-26)23(32)20-11-10-18(2)27-17-20/h10-11,17,19,21-23,31-32H,3-9,12-16H2,1-2H3,(H,28,34)/t21-,22-,23?/m1/s1. The summed E-state index contributed by atoms with van der Waals surface area (Å²) in [5.41, 5.74) is 0.697. The molecule has 1 aromatic rings. The molecule has 3 aliphatic rings. The van der Waals surface area contributed by atoms with Gasteiger partial charge >= 0.3 is 0 Å². The fourth-order valence-corrected chi connectivity index (χ4v) is 5.94. The van der Waals surface area contributed by atoms with E-state index in [9.17, 15) is 19.8 Å². The second kappa shape index (κ2) is 10.7. The smallest absolute Gasteiger partial charge is 0.248 e. The maximum absolute atomic E-state index is 13.7. The molecule has 3 fully saturated rings. The average Bonchev–Trinajstić information content (AvgIpc) is 2.87. The monoisotopic (exact) mass is 472 g/mol. The Morgan fingerprint density at radius 3 is 2.47 bits per heavy atom. The minimum absolute atomic E-state index is 0.0604. The first-order valence-electron chi connectivity index (χ1n) is 13.0. The van der Waals surface area contributed by atoms with Crippen LogP contribution in [0.2, 0.25) is 0 Å². The molecule has 8 heteroatoms. The van der Waals surface area contributed by atoms with Gasteiger partial charge in [0, 0.05) is 37.1 Å². The summed E-state index contributed by atoms with van der Waals surface area (Å²) in [7, 11) is 0. The maximum atomic E-state index is 13.7. The number of hydrogen-bond donors (Lipinski definition) is 3. The van der Waals surface area contributed by atoms with Gasteiger partial charge in [0.1, 0.15) is 17.8 Å². The van der Waals surface area contributed by atoms with Crippen molar-refractivity contribution < 1.29 is 19.8 Å². The molecule has 2 aliphatic heterocycles. The average molecular weight is 473 g/mol. The third-order valence-electron chi connectivity index (χ3n) is 8.17. The van der Waals surface area contributed by atoms with Gasteiger partial charge < -0.3 is 20.4 Å². The molecule has 0 bridgehead atoms. The summed E-state index contributed by atoms with van der Waals surface area (Å²) in [4.78, 5) is 35.2. The Morgan fingerprint density at radius 1 is 1.15 bits per heavy atom. The normalized spacial score (nSPS) is 25.9. The molecule has 0 radical (unpaired) electrons. The largest absolute Gasteiger partial charge is 0.390 e. The Hall–Kier alpha value is -2.03. The number of carbonyl (C=O) groups is 2. The molecule has 0 aromatic carbocycles. The van der Waals surface area contributed by atoms with Gasteiger partial charge in [0.05, 0.1) is 6.10 Å². The van der Waals surface area contributed by atoms with Gasteiger partial charge in [-0.3, -0.25) is 19.5 Å². The van der Waals surface area contributed by atoms with Crippen molar-refractivity contribution in [1.82, 2.24) is 20.1 Å². The lowest BCUT2D eigenvalue weighted by Gasteiger charge is -2.53. The number of unbranched alkanes of at least 4 members (excludes halogenated alkanes) is 1. The van der Waals surface area contributed by atoms with Crippen LogP contribution in [0.25, 0.3) is 0 Å². The number of carbonyl (C=O) groups excluding carboxylic acids is 2. The first-order valence-corrected chi connectivity index (χ1v) is 13.0. The van der Waals surface area contributed by atoms with Crippen LogP contribution >= 0.6 is 0 Å². The third kappa shape index (κ3) is 4.86. The van der Waals surface area contributed by atoms with Crippen molar-refractivity contribution in [3.05, 3.63) is 29.6 Å². The lowest BCUT2D eigenvalue weighted by atomic mass is 9.77. The van der Waals surface area contributed by atoms with Crippen molar-refractivity contribution in [2.45, 2.75) is 95.5 Å². The number of nitrogens with zero attached hydrogens (tertiary/aromatic N) is 3. The van der Waals surface area contributed by atoms with E-state index in [1.807, 2.05) is 24.0 Å². The number of aliphatic hydroxyl groups is 2. The van der Waals surface area contributed by atoms with E-state index in [-0.39, 0.29) is 17.7 Å². The van der Waals surface area contributed by atoms with E-state index < -0.39 is 23.9 Å². The van der Waals surface area contributed by atoms with Crippen molar-refractivity contribution in [3.8, 4) is 0 Å². The van der Waals surface area contributed by atoms with Gasteiger partial charge in [-0.05, 0) is 51.0 Å². The molecule has 3 N–H and O–H groups in total. The van der Waals surface area contributed by atoms with E-state index in [1.165, 1.54) is 6.42 Å². The van der Waals surface area contributed by atoms with E-state index in [2.05, 4.69) is 17.2 Å². The van der Waals surface area contributed by atoms with Gasteiger partial charge in [0.15, 0.2) is 0 Å². The Kier molecular flexibility index (Phi) is 7.90. The molecule has 1 unspecified atom stereocenters. The number of hydrogen-bond acceptors (Lipinski definition) is 6. The van der Waals surface area contributed by atoms with Gasteiger partial charge in [-0.2, -0.15) is 0 Å². The van der Waals surface area contributed by atoms with Gasteiger partial charge in [-0.25, -0.2) is 0 Å². The third-order valence-corrected chi connectivity index (χ3v) is 8.17. The Bertz CT molecular complexity index is 847. The van der Waals surface area contributed by atoms with E-state index in [1.54, 1.807) is 11.1 Å². The topological polar surface area (TPSA) is 106 Å². The number of piperidine rings is 1. The zero-order chi connectivity index (χ0) is 24.3. The molecule has 1 aromatic heterocycles. The van der Waals surface area contributed by atoms with Gasteiger partial charge in [-0.15, -0.1) is 0 Å². The number of amides is 2. The first-order chi connectivity index (χ1) is 16.4. The molecule has 1 spiro atoms. The number of likely N-dealkylation sites (tertiary alicyclic amines) is 1. The zero-order valence-electron chi connectivity index (χ0n) is 20.6. The highest BCUT2D eigenvalue weighted by Crippen LogP contribution is 2.37. The Morgan fingerprint density at radius 2 is 1.85 bits per heavy atom. The molecule has 2 saturated heterocycles. The van der Waals surface area contributed by atoms with Crippen LogP contribution < -0.4 is 5.32 Å². The van der Waals surface area contributed by atoms with E-state index in [0.29, 0.717) is 32.5 Å². The highest BCUT2D eigenvalue weighted by atomic mass is 16.3. The molecule has 34 heavy (non-hydrogen) atoms. The molecule has 1 aliphatic carbocycles. The van der Waals surface area contributed by atoms with Crippen LogP contribution in [0.4, 0.5) is 0 Å². The minimum Gasteiger partial charge on any atom is -0.390 e. The highest BCUT2D eigenvalue weighted by molar-refractivity contribution is 6.00. The van der Waals surface area contributed by atoms with Crippen molar-refractivity contribution in [2.24, 2.45) is 5.92 Å². The van der Waals surface area contributed by atoms with E-state index >= 15 is 0 Å². The second-order valence-electron chi connectivity index (χ2n) is 10.4. The Labute approximate surface area is 202 Å². The number of nitrogens with one attached hydrogen (secondary N) is 1. The fraction of sp³-hybridized carbons (Fsp3) is 0.731. The molecule has 8 nitrogen and oxygen atoms in total. The molecule has 1 saturated carbocycles. The second-order valence-corrected chi connectivity index (χ2v) is 10.4. The number of aromatic nitrogens is 1. The molecule has 2 amide bonds. The summed E-state index contributed by atoms with van der Waals surface area (Å²) in [6.07, 6.45) is 7.80. The van der Waals surface area contributed by atoms with Gasteiger partial charge in [0.25, 0.3) is 0 Å². The number of rotatable bonds is 7. The Balaban J connectivity index is 1.49. The van der Waals surface area contributed by atoms with Gasteiger partial charge in [0.2, 0.25) is 11.8 Å². The van der Waals surface area contributed by atoms with Crippen molar-refractivity contribution in [3.63, 3.8) is 0 Å². The lowest BCUT2D eigenvalue weighted by Crippen LogP contribution is -2.75. The molecule has 4 rings (SSSR count). The molecular formula is C26H40N4O4. The fourth-order valence-electron chi connectivity index (χ4n) is 5.94. The van der Waals surface area contributed by atoms with Crippen molar-refractivity contribution >= 4 is 11.8 Å². The predicted octanol–water partition coefficient (Wildman–Crippen LogP) is 2.28. The highest BCUT2D eigenvalue weighted by Gasteiger charge is 2.55. The summed E-state index contributed by atoms with van der Waals surface area (Å²) < 4.78 is 0. The van der Waals surface area contributed by atoms with Crippen molar-refractivity contribution in [2.75, 3.05) is 19.6 Å². The van der Waals surface area contributed by atoms with Crippen LogP contribution in [0.1, 0.15) is 82.2 Å². The van der Waals surface area contributed by atoms with E-state index in [4.69, 9.17) is 0 Å². The minimum atomic E-state index is -0.920. The number of aryl methyl sites for hydroxylation is 1. The quantitative estimate of drug-likeness (QED) is 0.562. The molecule has 188 valence electrons. The lowest BCUT2D eigenvalue weighted by molar-refractivity contribution is -0.167. The molecule has 3 heterocycles. The molecular weight excluding hydrogens is 432 g/mol. The summed E-state index contributed by atoms with van der Waals surface area (Å²) in [5.74, 6) is -0.248. The van der Waals surface area contributed by atoms with Crippen LogP contribution in [0.3, 0.4) is 0 Å². The zero-order valence-corrected chi connectivity index (χ0v) is 20.6. The first kappa shape index (κ1) is 25.1. The maximum Gasteiger partial charge on any atom is 0.248 e. The number of piperazine rings is 1. The molecule has 3 atom stereocenters.